The van der Waals surface area contributed by atoms with Crippen molar-refractivity contribution in [2.24, 2.45) is 0 Å². The van der Waals surface area contributed by atoms with Crippen LogP contribution >= 0.6 is 11.6 Å². The second-order valence-electron chi connectivity index (χ2n) is 6.40. The first-order chi connectivity index (χ1) is 14.8. The van der Waals surface area contributed by atoms with E-state index in [1.807, 2.05) is 12.1 Å². The van der Waals surface area contributed by atoms with E-state index in [1.54, 1.807) is 36.4 Å². The standard InChI is InChI=1S/C22H20ClN3O4S/c1-15(20-8-3-4-9-21(20)30-2)24-25-22(27)16-6-5-7-19(14-16)31(28,29)26-18-12-10-17(23)11-13-18/h3-14,24,26H,1H2,2H3,(H,25,27). The van der Waals surface area contributed by atoms with Gasteiger partial charge in [0, 0.05) is 21.8 Å². The lowest BCUT2D eigenvalue weighted by atomic mass is 10.1. The van der Waals surface area contributed by atoms with Crippen LogP contribution in [0, 0.1) is 0 Å². The molecule has 0 saturated carbocycles. The zero-order chi connectivity index (χ0) is 22.4. The highest BCUT2D eigenvalue weighted by molar-refractivity contribution is 7.92. The maximum Gasteiger partial charge on any atom is 0.269 e. The topological polar surface area (TPSA) is 96.5 Å². The molecule has 0 spiro atoms. The molecule has 0 fully saturated rings. The van der Waals surface area contributed by atoms with Crippen LogP contribution in [0.25, 0.3) is 5.70 Å². The third-order valence-corrected chi connectivity index (χ3v) is 5.89. The number of methoxy groups -OCH3 is 1. The van der Waals surface area contributed by atoms with Crippen molar-refractivity contribution >= 4 is 38.9 Å². The minimum absolute atomic E-state index is 0.0568. The highest BCUT2D eigenvalue weighted by atomic mass is 35.5. The second-order valence-corrected chi connectivity index (χ2v) is 8.52. The van der Waals surface area contributed by atoms with Crippen LogP contribution in [0.4, 0.5) is 5.69 Å². The molecule has 1 amide bonds. The third kappa shape index (κ3) is 5.56. The number of benzene rings is 3. The number of ether oxygens (including phenoxy) is 1. The number of carbonyl (C=O) groups is 1. The largest absolute Gasteiger partial charge is 0.496 e. The average molecular weight is 458 g/mol. The number of rotatable bonds is 8. The molecular weight excluding hydrogens is 438 g/mol. The summed E-state index contributed by atoms with van der Waals surface area (Å²) in [6, 6.07) is 19.1. The van der Waals surface area contributed by atoms with Gasteiger partial charge in [-0.25, -0.2) is 8.42 Å². The van der Waals surface area contributed by atoms with E-state index < -0.39 is 15.9 Å². The van der Waals surface area contributed by atoms with Crippen molar-refractivity contribution in [1.82, 2.24) is 10.9 Å². The summed E-state index contributed by atoms with van der Waals surface area (Å²) in [7, 11) is -2.36. The highest BCUT2D eigenvalue weighted by Crippen LogP contribution is 2.22. The Labute approximate surface area is 185 Å². The summed E-state index contributed by atoms with van der Waals surface area (Å²) in [6.07, 6.45) is 0. The number of amides is 1. The minimum Gasteiger partial charge on any atom is -0.496 e. The van der Waals surface area contributed by atoms with Gasteiger partial charge in [0.05, 0.1) is 17.7 Å². The Bertz CT molecular complexity index is 1210. The average Bonchev–Trinajstić information content (AvgIpc) is 2.78. The van der Waals surface area contributed by atoms with Gasteiger partial charge < -0.3 is 4.74 Å². The number of hydrogen-bond donors (Lipinski definition) is 3. The Kier molecular flexibility index (Phi) is 6.84. The first-order valence-electron chi connectivity index (χ1n) is 9.07. The van der Waals surface area contributed by atoms with Crippen molar-refractivity contribution in [1.29, 1.82) is 0 Å². The number of nitrogens with one attached hydrogen (secondary N) is 3. The van der Waals surface area contributed by atoms with Crippen molar-refractivity contribution in [2.75, 3.05) is 11.8 Å². The van der Waals surface area contributed by atoms with Crippen LogP contribution in [0.2, 0.25) is 5.02 Å². The van der Waals surface area contributed by atoms with E-state index >= 15 is 0 Å². The minimum atomic E-state index is -3.89. The molecule has 0 unspecified atom stereocenters. The van der Waals surface area contributed by atoms with E-state index in [0.29, 0.717) is 27.7 Å². The Balaban J connectivity index is 1.71. The number of anilines is 1. The molecule has 0 atom stereocenters. The lowest BCUT2D eigenvalue weighted by molar-refractivity contribution is 0.0942. The van der Waals surface area contributed by atoms with Gasteiger partial charge in [0.15, 0.2) is 0 Å². The maximum absolute atomic E-state index is 12.7. The Morgan fingerprint density at radius 1 is 0.968 bits per heavy atom. The molecule has 0 aromatic heterocycles. The van der Waals surface area contributed by atoms with Gasteiger partial charge in [0.1, 0.15) is 5.75 Å². The Hall–Kier alpha value is -3.49. The lowest BCUT2D eigenvalue weighted by Gasteiger charge is -2.14. The summed E-state index contributed by atoms with van der Waals surface area (Å²) < 4.78 is 33.0. The molecule has 0 saturated heterocycles. The molecule has 3 N–H and O–H groups in total. The smallest absolute Gasteiger partial charge is 0.269 e. The molecule has 0 bridgehead atoms. The van der Waals surface area contributed by atoms with E-state index in [0.717, 1.165) is 0 Å². The van der Waals surface area contributed by atoms with Crippen LogP contribution in [-0.4, -0.2) is 21.4 Å². The molecule has 160 valence electrons. The fourth-order valence-electron chi connectivity index (χ4n) is 2.70. The normalized spacial score (nSPS) is 10.8. The number of halogens is 1. The monoisotopic (exact) mass is 457 g/mol. The zero-order valence-electron chi connectivity index (χ0n) is 16.6. The number of carbonyl (C=O) groups excluding carboxylic acids is 1. The molecule has 7 nitrogen and oxygen atoms in total. The first-order valence-corrected chi connectivity index (χ1v) is 10.9. The lowest BCUT2D eigenvalue weighted by Crippen LogP contribution is -2.36. The van der Waals surface area contributed by atoms with Crippen molar-refractivity contribution in [3.05, 3.63) is 95.5 Å². The molecule has 0 radical (unpaired) electrons. The van der Waals surface area contributed by atoms with Crippen molar-refractivity contribution in [3.8, 4) is 5.75 Å². The van der Waals surface area contributed by atoms with Gasteiger partial charge in [-0.05, 0) is 54.6 Å². The van der Waals surface area contributed by atoms with Crippen molar-refractivity contribution in [2.45, 2.75) is 4.90 Å². The summed E-state index contributed by atoms with van der Waals surface area (Å²) in [5.74, 6) is 0.0650. The molecule has 0 aliphatic rings. The van der Waals surface area contributed by atoms with E-state index in [9.17, 15) is 13.2 Å². The molecular formula is C22H20ClN3O4S. The van der Waals surface area contributed by atoms with Crippen molar-refractivity contribution in [3.63, 3.8) is 0 Å². The van der Waals surface area contributed by atoms with Gasteiger partial charge >= 0.3 is 0 Å². The summed E-state index contributed by atoms with van der Waals surface area (Å²) in [4.78, 5) is 12.5. The zero-order valence-corrected chi connectivity index (χ0v) is 18.1. The fraction of sp³-hybridized carbons (Fsp3) is 0.0455. The third-order valence-electron chi connectivity index (χ3n) is 4.26. The predicted molar refractivity (Wildman–Crippen MR) is 121 cm³/mol. The van der Waals surface area contributed by atoms with E-state index in [2.05, 4.69) is 22.2 Å². The molecule has 0 aliphatic carbocycles. The highest BCUT2D eigenvalue weighted by Gasteiger charge is 2.17. The summed E-state index contributed by atoms with van der Waals surface area (Å²) >= 11 is 5.82. The molecule has 9 heteroatoms. The van der Waals surface area contributed by atoms with E-state index in [4.69, 9.17) is 16.3 Å². The fourth-order valence-corrected chi connectivity index (χ4v) is 3.93. The molecule has 3 aromatic carbocycles. The Morgan fingerprint density at radius 2 is 1.68 bits per heavy atom. The summed E-state index contributed by atoms with van der Waals surface area (Å²) in [5, 5.41) is 0.490. The van der Waals surface area contributed by atoms with Crippen LogP contribution in [0.15, 0.2) is 84.3 Å². The van der Waals surface area contributed by atoms with Crippen molar-refractivity contribution < 1.29 is 17.9 Å². The predicted octanol–water partition coefficient (Wildman–Crippen LogP) is 4.05. The van der Waals surface area contributed by atoms with Gasteiger partial charge in [-0.3, -0.25) is 20.4 Å². The number of para-hydroxylation sites is 1. The molecule has 3 aromatic rings. The van der Waals surface area contributed by atoms with E-state index in [-0.39, 0.29) is 10.5 Å². The Morgan fingerprint density at radius 3 is 2.39 bits per heavy atom. The summed E-state index contributed by atoms with van der Waals surface area (Å²) in [5.41, 5.74) is 6.83. The number of hydrazine groups is 1. The SMILES string of the molecule is C=C(NNC(=O)c1cccc(S(=O)(=O)Nc2ccc(Cl)cc2)c1)c1ccccc1OC. The van der Waals surface area contributed by atoms with E-state index in [1.165, 1.54) is 31.4 Å². The van der Waals surface area contributed by atoms with Crippen LogP contribution in [0.1, 0.15) is 15.9 Å². The number of sulfonamides is 1. The van der Waals surface area contributed by atoms with Gasteiger partial charge in [-0.15, -0.1) is 0 Å². The van der Waals surface area contributed by atoms with Gasteiger partial charge in [-0.1, -0.05) is 36.4 Å². The molecule has 0 aliphatic heterocycles. The van der Waals surface area contributed by atoms with Gasteiger partial charge in [0.25, 0.3) is 15.9 Å². The molecule has 31 heavy (non-hydrogen) atoms. The van der Waals surface area contributed by atoms with Crippen LogP contribution in [0.5, 0.6) is 5.75 Å². The van der Waals surface area contributed by atoms with Crippen LogP contribution < -0.4 is 20.3 Å². The van der Waals surface area contributed by atoms with Gasteiger partial charge in [-0.2, -0.15) is 0 Å². The van der Waals surface area contributed by atoms with Crippen LogP contribution in [-0.2, 0) is 10.0 Å². The molecule has 3 rings (SSSR count). The quantitative estimate of drug-likeness (QED) is 0.443. The van der Waals surface area contributed by atoms with Crippen LogP contribution in [0.3, 0.4) is 0 Å². The summed E-state index contributed by atoms with van der Waals surface area (Å²) in [6.45, 7) is 3.89. The number of hydrogen-bond acceptors (Lipinski definition) is 5. The maximum atomic E-state index is 12.7. The molecule has 0 heterocycles. The first kappa shape index (κ1) is 22.2. The van der Waals surface area contributed by atoms with Gasteiger partial charge in [0.2, 0.25) is 0 Å². The second kappa shape index (κ2) is 9.55.